The van der Waals surface area contributed by atoms with Crippen LogP contribution in [0.25, 0.3) is 0 Å². The zero-order valence-corrected chi connectivity index (χ0v) is 9.86. The molecule has 1 rings (SSSR count). The van der Waals surface area contributed by atoms with E-state index < -0.39 is 10.8 Å². The van der Waals surface area contributed by atoms with E-state index in [1.54, 1.807) is 0 Å². The Hall–Kier alpha value is -1.82. The number of nitro groups is 1. The summed E-state index contributed by atoms with van der Waals surface area (Å²) in [4.78, 5) is 21.2. The second-order valence-electron chi connectivity index (χ2n) is 3.27. The Bertz CT molecular complexity index is 462. The standard InChI is InChI=1S/C10H11ClN2O4/c1-2-3-17-9-5-7(11)6(10(12)14)4-8(9)13(15)16/h4-5H,2-3H2,1H3,(H2,12,14). The number of benzene rings is 1. The summed E-state index contributed by atoms with van der Waals surface area (Å²) >= 11 is 5.78. The van der Waals surface area contributed by atoms with Crippen LogP contribution >= 0.6 is 11.6 Å². The fourth-order valence-corrected chi connectivity index (χ4v) is 1.45. The molecule has 0 atom stereocenters. The van der Waals surface area contributed by atoms with Gasteiger partial charge in [0.1, 0.15) is 0 Å². The molecule has 1 aromatic carbocycles. The number of primary amides is 1. The molecule has 0 saturated carbocycles. The first-order chi connectivity index (χ1) is 7.97. The molecule has 0 aliphatic rings. The number of rotatable bonds is 5. The van der Waals surface area contributed by atoms with Crippen molar-refractivity contribution in [3.8, 4) is 5.75 Å². The van der Waals surface area contributed by atoms with E-state index in [2.05, 4.69) is 0 Å². The first-order valence-electron chi connectivity index (χ1n) is 4.88. The molecule has 0 heterocycles. The number of amides is 1. The van der Waals surface area contributed by atoms with Gasteiger partial charge in [-0.15, -0.1) is 0 Å². The number of nitro benzene ring substituents is 1. The molecule has 7 heteroatoms. The number of nitrogens with zero attached hydrogens (tertiary/aromatic N) is 1. The number of halogens is 1. The lowest BCUT2D eigenvalue weighted by atomic mass is 10.2. The third-order valence-electron chi connectivity index (χ3n) is 1.97. The van der Waals surface area contributed by atoms with E-state index in [9.17, 15) is 14.9 Å². The van der Waals surface area contributed by atoms with Crippen molar-refractivity contribution in [3.05, 3.63) is 32.8 Å². The molecule has 2 N–H and O–H groups in total. The minimum absolute atomic E-state index is 0.0341. The maximum Gasteiger partial charge on any atom is 0.311 e. The Morgan fingerprint density at radius 1 is 1.59 bits per heavy atom. The van der Waals surface area contributed by atoms with Gasteiger partial charge < -0.3 is 10.5 Å². The summed E-state index contributed by atoms with van der Waals surface area (Å²) in [5, 5.41) is 10.8. The van der Waals surface area contributed by atoms with Crippen molar-refractivity contribution in [2.45, 2.75) is 13.3 Å². The first-order valence-corrected chi connectivity index (χ1v) is 5.25. The Kier molecular flexibility index (Phi) is 4.28. The molecule has 92 valence electrons. The summed E-state index contributed by atoms with van der Waals surface area (Å²) in [5.74, 6) is -0.785. The van der Waals surface area contributed by atoms with Crippen LogP contribution in [0.2, 0.25) is 5.02 Å². The fourth-order valence-electron chi connectivity index (χ4n) is 1.20. The zero-order valence-electron chi connectivity index (χ0n) is 9.10. The van der Waals surface area contributed by atoms with Crippen LogP contribution in [0, 0.1) is 10.1 Å². The van der Waals surface area contributed by atoms with Gasteiger partial charge in [-0.25, -0.2) is 0 Å². The molecule has 17 heavy (non-hydrogen) atoms. The number of hydrogen-bond donors (Lipinski definition) is 1. The van der Waals surface area contributed by atoms with Gasteiger partial charge in [-0.2, -0.15) is 0 Å². The normalized spacial score (nSPS) is 10.0. The minimum Gasteiger partial charge on any atom is -0.487 e. The molecule has 0 aromatic heterocycles. The summed E-state index contributed by atoms with van der Waals surface area (Å²) in [5.41, 5.74) is 4.63. The third-order valence-corrected chi connectivity index (χ3v) is 2.29. The topological polar surface area (TPSA) is 95.5 Å². The highest BCUT2D eigenvalue weighted by Gasteiger charge is 2.21. The molecule has 0 aliphatic heterocycles. The van der Waals surface area contributed by atoms with Gasteiger partial charge in [-0.1, -0.05) is 18.5 Å². The number of nitrogens with two attached hydrogens (primary N) is 1. The van der Waals surface area contributed by atoms with Crippen LogP contribution in [0.5, 0.6) is 5.75 Å². The van der Waals surface area contributed by atoms with Crippen molar-refractivity contribution >= 4 is 23.2 Å². The van der Waals surface area contributed by atoms with E-state index in [-0.39, 0.29) is 22.0 Å². The number of carbonyl (C=O) groups excluding carboxylic acids is 1. The van der Waals surface area contributed by atoms with E-state index >= 15 is 0 Å². The highest BCUT2D eigenvalue weighted by molar-refractivity contribution is 6.34. The molecule has 0 saturated heterocycles. The molecule has 0 bridgehead atoms. The highest BCUT2D eigenvalue weighted by atomic mass is 35.5. The number of ether oxygens (including phenoxy) is 1. The number of hydrogen-bond acceptors (Lipinski definition) is 4. The maximum atomic E-state index is 11.0. The van der Waals surface area contributed by atoms with Crippen molar-refractivity contribution in [1.29, 1.82) is 0 Å². The Balaban J connectivity index is 3.25. The van der Waals surface area contributed by atoms with Gasteiger partial charge in [0.15, 0.2) is 5.75 Å². The van der Waals surface area contributed by atoms with Crippen LogP contribution < -0.4 is 10.5 Å². The lowest BCUT2D eigenvalue weighted by Crippen LogP contribution is -2.12. The third kappa shape index (κ3) is 3.07. The van der Waals surface area contributed by atoms with Crippen LogP contribution in [0.4, 0.5) is 5.69 Å². The zero-order chi connectivity index (χ0) is 13.0. The average molecular weight is 259 g/mol. The monoisotopic (exact) mass is 258 g/mol. The molecule has 0 unspecified atom stereocenters. The Morgan fingerprint density at radius 3 is 2.71 bits per heavy atom. The predicted molar refractivity (Wildman–Crippen MR) is 62.4 cm³/mol. The van der Waals surface area contributed by atoms with Crippen molar-refractivity contribution in [1.82, 2.24) is 0 Å². The summed E-state index contributed by atoms with van der Waals surface area (Å²) in [6, 6.07) is 2.26. The van der Waals surface area contributed by atoms with Gasteiger partial charge in [0.25, 0.3) is 0 Å². The first kappa shape index (κ1) is 13.2. The largest absolute Gasteiger partial charge is 0.487 e. The van der Waals surface area contributed by atoms with Gasteiger partial charge >= 0.3 is 5.69 Å². The van der Waals surface area contributed by atoms with Crippen molar-refractivity contribution < 1.29 is 14.5 Å². The summed E-state index contributed by atoms with van der Waals surface area (Å²) in [6.07, 6.45) is 0.701. The van der Waals surface area contributed by atoms with Gasteiger partial charge in [-0.3, -0.25) is 14.9 Å². The van der Waals surface area contributed by atoms with Gasteiger partial charge in [0.05, 0.1) is 22.1 Å². The summed E-state index contributed by atoms with van der Waals surface area (Å²) in [7, 11) is 0. The van der Waals surface area contributed by atoms with E-state index in [4.69, 9.17) is 22.1 Å². The van der Waals surface area contributed by atoms with Crippen LogP contribution in [-0.4, -0.2) is 17.4 Å². The highest BCUT2D eigenvalue weighted by Crippen LogP contribution is 2.33. The van der Waals surface area contributed by atoms with E-state index in [0.29, 0.717) is 13.0 Å². The maximum absolute atomic E-state index is 11.0. The average Bonchev–Trinajstić information content (AvgIpc) is 2.25. The summed E-state index contributed by atoms with van der Waals surface area (Å²) < 4.78 is 5.18. The lowest BCUT2D eigenvalue weighted by molar-refractivity contribution is -0.385. The van der Waals surface area contributed by atoms with E-state index in [1.165, 1.54) is 6.07 Å². The Morgan fingerprint density at radius 2 is 2.24 bits per heavy atom. The van der Waals surface area contributed by atoms with E-state index in [0.717, 1.165) is 6.07 Å². The van der Waals surface area contributed by atoms with Crippen molar-refractivity contribution in [3.63, 3.8) is 0 Å². The van der Waals surface area contributed by atoms with Crippen LogP contribution in [0.3, 0.4) is 0 Å². The van der Waals surface area contributed by atoms with Crippen LogP contribution in [0.15, 0.2) is 12.1 Å². The van der Waals surface area contributed by atoms with Gasteiger partial charge in [0, 0.05) is 12.1 Å². The lowest BCUT2D eigenvalue weighted by Gasteiger charge is -2.07. The van der Waals surface area contributed by atoms with Crippen molar-refractivity contribution in [2.75, 3.05) is 6.61 Å². The predicted octanol–water partition coefficient (Wildman–Crippen LogP) is 2.14. The quantitative estimate of drug-likeness (QED) is 0.646. The molecule has 1 amide bonds. The second kappa shape index (κ2) is 5.49. The van der Waals surface area contributed by atoms with Crippen LogP contribution in [-0.2, 0) is 0 Å². The smallest absolute Gasteiger partial charge is 0.311 e. The van der Waals surface area contributed by atoms with Crippen molar-refractivity contribution in [2.24, 2.45) is 5.73 Å². The fraction of sp³-hybridized carbons (Fsp3) is 0.300. The van der Waals surface area contributed by atoms with E-state index in [1.807, 2.05) is 6.92 Å². The summed E-state index contributed by atoms with van der Waals surface area (Å²) in [6.45, 7) is 2.19. The molecule has 0 radical (unpaired) electrons. The number of carbonyl (C=O) groups is 1. The van der Waals surface area contributed by atoms with Gasteiger partial charge in [-0.05, 0) is 6.42 Å². The molecule has 6 nitrogen and oxygen atoms in total. The molecule has 0 spiro atoms. The SMILES string of the molecule is CCCOc1cc(Cl)c(C(N)=O)cc1[N+](=O)[O-]. The second-order valence-corrected chi connectivity index (χ2v) is 3.68. The Labute approximate surface area is 102 Å². The molecule has 0 aliphatic carbocycles. The molecular formula is C10H11ClN2O4. The minimum atomic E-state index is -0.819. The van der Waals surface area contributed by atoms with Crippen LogP contribution in [0.1, 0.15) is 23.7 Å². The van der Waals surface area contributed by atoms with Gasteiger partial charge in [0.2, 0.25) is 5.91 Å². The molecular weight excluding hydrogens is 248 g/mol. The molecule has 0 fully saturated rings. The molecule has 1 aromatic rings.